The van der Waals surface area contributed by atoms with Crippen LogP contribution in [0.25, 0.3) is 0 Å². The Labute approximate surface area is 144 Å². The first-order valence-corrected chi connectivity index (χ1v) is 8.43. The van der Waals surface area contributed by atoms with E-state index in [1.807, 2.05) is 6.07 Å². The van der Waals surface area contributed by atoms with Gasteiger partial charge in [0.2, 0.25) is 5.91 Å². The fourth-order valence-electron chi connectivity index (χ4n) is 3.22. The number of hydrogen-bond donors (Lipinski definition) is 2. The van der Waals surface area contributed by atoms with Gasteiger partial charge in [0.1, 0.15) is 0 Å². The molecule has 0 radical (unpaired) electrons. The smallest absolute Gasteiger partial charge is 0.217 e. The third-order valence-corrected chi connectivity index (χ3v) is 4.27. The lowest BCUT2D eigenvalue weighted by Crippen LogP contribution is -2.46. The summed E-state index contributed by atoms with van der Waals surface area (Å²) in [6.45, 7) is 3.11. The quantitative estimate of drug-likeness (QED) is 0.611. The van der Waals surface area contributed by atoms with Crippen molar-refractivity contribution in [2.24, 2.45) is 16.6 Å². The van der Waals surface area contributed by atoms with Crippen molar-refractivity contribution < 1.29 is 9.53 Å². The van der Waals surface area contributed by atoms with Gasteiger partial charge in [-0.25, -0.2) is 0 Å². The van der Waals surface area contributed by atoms with Crippen molar-refractivity contribution in [2.75, 3.05) is 27.2 Å². The second kappa shape index (κ2) is 9.27. The van der Waals surface area contributed by atoms with E-state index < -0.39 is 0 Å². The van der Waals surface area contributed by atoms with Crippen molar-refractivity contribution in [3.05, 3.63) is 35.4 Å². The zero-order valence-electron chi connectivity index (χ0n) is 14.6. The van der Waals surface area contributed by atoms with Crippen molar-refractivity contribution in [1.29, 1.82) is 0 Å². The van der Waals surface area contributed by atoms with Crippen LogP contribution in [-0.2, 0) is 22.7 Å². The van der Waals surface area contributed by atoms with Gasteiger partial charge in [-0.2, -0.15) is 0 Å². The number of piperidine rings is 1. The molecule has 1 atom stereocenters. The van der Waals surface area contributed by atoms with E-state index in [2.05, 4.69) is 33.4 Å². The summed E-state index contributed by atoms with van der Waals surface area (Å²) >= 11 is 0. The SMILES string of the molecule is CN=C(NCc1cccc(COC)c1)N1CCCC(CC(N)=O)C1. The zero-order valence-corrected chi connectivity index (χ0v) is 14.6. The average molecular weight is 332 g/mol. The second-order valence-electron chi connectivity index (χ2n) is 6.28. The molecule has 6 nitrogen and oxygen atoms in total. The predicted molar refractivity (Wildman–Crippen MR) is 95.5 cm³/mol. The van der Waals surface area contributed by atoms with Gasteiger partial charge in [-0.3, -0.25) is 9.79 Å². The monoisotopic (exact) mass is 332 g/mol. The number of amides is 1. The van der Waals surface area contributed by atoms with E-state index in [4.69, 9.17) is 10.5 Å². The maximum atomic E-state index is 11.2. The number of aliphatic imine (C=N–C) groups is 1. The largest absolute Gasteiger partial charge is 0.380 e. The minimum absolute atomic E-state index is 0.222. The standard InChI is InChI=1S/C18H28N4O2/c1-20-18(22-8-4-7-15(12-22)10-17(19)23)21-11-14-5-3-6-16(9-14)13-24-2/h3,5-6,9,15H,4,7-8,10-13H2,1-2H3,(H2,19,23)(H,20,21). The fourth-order valence-corrected chi connectivity index (χ4v) is 3.22. The number of carbonyl (C=O) groups excluding carboxylic acids is 1. The summed E-state index contributed by atoms with van der Waals surface area (Å²) in [5.41, 5.74) is 7.69. The summed E-state index contributed by atoms with van der Waals surface area (Å²) in [5.74, 6) is 0.973. The van der Waals surface area contributed by atoms with Crippen LogP contribution in [0.5, 0.6) is 0 Å². The van der Waals surface area contributed by atoms with Gasteiger partial charge in [-0.15, -0.1) is 0 Å². The molecule has 3 N–H and O–H groups in total. The number of primary amides is 1. The zero-order chi connectivity index (χ0) is 17.4. The van der Waals surface area contributed by atoms with Gasteiger partial charge in [0.05, 0.1) is 6.61 Å². The third kappa shape index (κ3) is 5.53. The summed E-state index contributed by atoms with van der Waals surface area (Å²) < 4.78 is 5.18. The number of nitrogens with zero attached hydrogens (tertiary/aromatic N) is 2. The molecule has 1 aliphatic heterocycles. The third-order valence-electron chi connectivity index (χ3n) is 4.27. The van der Waals surface area contributed by atoms with Gasteiger partial charge < -0.3 is 20.7 Å². The van der Waals surface area contributed by atoms with Gasteiger partial charge in [-0.05, 0) is 29.9 Å². The summed E-state index contributed by atoms with van der Waals surface area (Å²) in [5, 5.41) is 3.42. The van der Waals surface area contributed by atoms with Crippen molar-refractivity contribution in [1.82, 2.24) is 10.2 Å². The summed E-state index contributed by atoms with van der Waals surface area (Å²) in [4.78, 5) is 17.8. The highest BCUT2D eigenvalue weighted by molar-refractivity contribution is 5.80. The molecule has 0 spiro atoms. The Morgan fingerprint density at radius 2 is 2.25 bits per heavy atom. The number of hydrogen-bond acceptors (Lipinski definition) is 3. The molecule has 1 heterocycles. The topological polar surface area (TPSA) is 80.0 Å². The molecule has 1 aliphatic rings. The van der Waals surface area contributed by atoms with E-state index in [0.717, 1.165) is 37.5 Å². The van der Waals surface area contributed by atoms with E-state index in [0.29, 0.717) is 25.5 Å². The molecule has 1 fully saturated rings. The minimum Gasteiger partial charge on any atom is -0.380 e. The molecule has 0 bridgehead atoms. The number of nitrogens with one attached hydrogen (secondary N) is 1. The molecule has 6 heteroatoms. The summed E-state index contributed by atoms with van der Waals surface area (Å²) in [6.07, 6.45) is 2.56. The van der Waals surface area contributed by atoms with Gasteiger partial charge in [0, 0.05) is 40.2 Å². The first-order chi connectivity index (χ1) is 11.6. The fraction of sp³-hybridized carbons (Fsp3) is 0.556. The Balaban J connectivity index is 1.92. The Morgan fingerprint density at radius 1 is 1.46 bits per heavy atom. The van der Waals surface area contributed by atoms with Crippen LogP contribution >= 0.6 is 0 Å². The maximum Gasteiger partial charge on any atom is 0.217 e. The second-order valence-corrected chi connectivity index (χ2v) is 6.28. The predicted octanol–water partition coefficient (Wildman–Crippen LogP) is 1.50. The number of benzene rings is 1. The van der Waals surface area contributed by atoms with Crippen LogP contribution < -0.4 is 11.1 Å². The average Bonchev–Trinajstić information content (AvgIpc) is 2.56. The molecule has 1 saturated heterocycles. The van der Waals surface area contributed by atoms with Crippen LogP contribution in [-0.4, -0.2) is 44.0 Å². The number of likely N-dealkylation sites (tertiary alicyclic amines) is 1. The lowest BCUT2D eigenvalue weighted by atomic mass is 9.95. The number of nitrogens with two attached hydrogens (primary N) is 1. The van der Waals surface area contributed by atoms with Crippen LogP contribution in [0.2, 0.25) is 0 Å². The van der Waals surface area contributed by atoms with E-state index in [-0.39, 0.29) is 5.91 Å². The van der Waals surface area contributed by atoms with E-state index in [1.165, 1.54) is 5.56 Å². The molecule has 132 valence electrons. The van der Waals surface area contributed by atoms with E-state index >= 15 is 0 Å². The van der Waals surface area contributed by atoms with Gasteiger partial charge in [-0.1, -0.05) is 24.3 Å². The molecule has 1 aromatic rings. The highest BCUT2D eigenvalue weighted by Gasteiger charge is 2.23. The highest BCUT2D eigenvalue weighted by atomic mass is 16.5. The van der Waals surface area contributed by atoms with Crippen molar-refractivity contribution in [2.45, 2.75) is 32.4 Å². The van der Waals surface area contributed by atoms with Crippen LogP contribution in [0.1, 0.15) is 30.4 Å². The highest BCUT2D eigenvalue weighted by Crippen LogP contribution is 2.19. The number of carbonyl (C=O) groups is 1. The van der Waals surface area contributed by atoms with Crippen LogP contribution in [0.4, 0.5) is 0 Å². The molecule has 0 aliphatic carbocycles. The number of ether oxygens (including phenoxy) is 1. The van der Waals surface area contributed by atoms with Gasteiger partial charge in [0.25, 0.3) is 0 Å². The van der Waals surface area contributed by atoms with Crippen LogP contribution in [0.3, 0.4) is 0 Å². The summed E-state index contributed by atoms with van der Waals surface area (Å²) in [7, 11) is 3.49. The lowest BCUT2D eigenvalue weighted by Gasteiger charge is -2.34. The molecular weight excluding hydrogens is 304 g/mol. The number of rotatable bonds is 6. The normalized spacial score (nSPS) is 18.5. The van der Waals surface area contributed by atoms with Crippen molar-refractivity contribution >= 4 is 11.9 Å². The first kappa shape index (κ1) is 18.3. The van der Waals surface area contributed by atoms with Crippen LogP contribution in [0.15, 0.2) is 29.3 Å². The summed E-state index contributed by atoms with van der Waals surface area (Å²) in [6, 6.07) is 8.32. The molecule has 2 rings (SSSR count). The first-order valence-electron chi connectivity index (χ1n) is 8.43. The van der Waals surface area contributed by atoms with Crippen LogP contribution in [0, 0.1) is 5.92 Å². The molecular formula is C18H28N4O2. The van der Waals surface area contributed by atoms with Crippen molar-refractivity contribution in [3.63, 3.8) is 0 Å². The van der Waals surface area contributed by atoms with Crippen molar-refractivity contribution in [3.8, 4) is 0 Å². The lowest BCUT2D eigenvalue weighted by molar-refractivity contribution is -0.119. The molecule has 1 amide bonds. The number of methoxy groups -OCH3 is 1. The van der Waals surface area contributed by atoms with Gasteiger partial charge in [0.15, 0.2) is 5.96 Å². The molecule has 1 aromatic carbocycles. The Bertz CT molecular complexity index is 574. The molecule has 0 saturated carbocycles. The number of guanidine groups is 1. The van der Waals surface area contributed by atoms with E-state index in [9.17, 15) is 4.79 Å². The maximum absolute atomic E-state index is 11.2. The molecule has 24 heavy (non-hydrogen) atoms. The molecule has 0 aromatic heterocycles. The Morgan fingerprint density at radius 3 is 2.96 bits per heavy atom. The van der Waals surface area contributed by atoms with Gasteiger partial charge >= 0.3 is 0 Å². The molecule has 1 unspecified atom stereocenters. The Hall–Kier alpha value is -2.08. The van der Waals surface area contributed by atoms with E-state index in [1.54, 1.807) is 14.2 Å². The Kier molecular flexibility index (Phi) is 7.06. The minimum atomic E-state index is -0.222.